The standard InChI is InChI=1S/C30H55NO/c1-4-7-10-13-15-18-25-31(26-19-16-14-11-8-5-2)27-30(32)29-23-21-28(22-24-29)20-17-12-9-6-3/h21-24,30,32H,4-20,25-27H2,1-3H3. The largest absolute Gasteiger partial charge is 0.387 e. The molecule has 1 unspecified atom stereocenters. The molecule has 0 aliphatic carbocycles. The minimum Gasteiger partial charge on any atom is -0.387 e. The van der Waals surface area contributed by atoms with Crippen molar-refractivity contribution in [2.24, 2.45) is 0 Å². The number of aliphatic hydroxyl groups is 1. The summed E-state index contributed by atoms with van der Waals surface area (Å²) in [6, 6.07) is 8.79. The van der Waals surface area contributed by atoms with E-state index in [2.05, 4.69) is 49.9 Å². The average molecular weight is 446 g/mol. The molecule has 0 bridgehead atoms. The van der Waals surface area contributed by atoms with E-state index >= 15 is 0 Å². The van der Waals surface area contributed by atoms with E-state index in [1.54, 1.807) is 0 Å². The Labute approximate surface area is 201 Å². The monoisotopic (exact) mass is 445 g/mol. The van der Waals surface area contributed by atoms with Gasteiger partial charge in [0.05, 0.1) is 6.10 Å². The number of nitrogens with zero attached hydrogens (tertiary/aromatic N) is 1. The van der Waals surface area contributed by atoms with Gasteiger partial charge in [0, 0.05) is 6.54 Å². The zero-order valence-corrected chi connectivity index (χ0v) is 21.9. The third-order valence-corrected chi connectivity index (χ3v) is 6.77. The van der Waals surface area contributed by atoms with Crippen molar-refractivity contribution in [2.75, 3.05) is 19.6 Å². The topological polar surface area (TPSA) is 23.5 Å². The van der Waals surface area contributed by atoms with Gasteiger partial charge >= 0.3 is 0 Å². The summed E-state index contributed by atoms with van der Waals surface area (Å²) >= 11 is 0. The summed E-state index contributed by atoms with van der Waals surface area (Å²) in [6.07, 6.45) is 22.1. The Morgan fingerprint density at radius 3 is 1.53 bits per heavy atom. The Bertz CT molecular complexity index is 496. The van der Waals surface area contributed by atoms with Crippen LogP contribution in [0.1, 0.15) is 141 Å². The van der Waals surface area contributed by atoms with Gasteiger partial charge in [0.15, 0.2) is 0 Å². The molecule has 0 heterocycles. The van der Waals surface area contributed by atoms with Crippen LogP contribution in [0.2, 0.25) is 0 Å². The first-order chi connectivity index (χ1) is 15.7. The Morgan fingerprint density at radius 1 is 0.594 bits per heavy atom. The predicted molar refractivity (Wildman–Crippen MR) is 142 cm³/mol. The van der Waals surface area contributed by atoms with Crippen LogP contribution >= 0.6 is 0 Å². The van der Waals surface area contributed by atoms with Gasteiger partial charge in [-0.05, 0) is 49.9 Å². The fourth-order valence-corrected chi connectivity index (χ4v) is 4.54. The lowest BCUT2D eigenvalue weighted by Crippen LogP contribution is -2.31. The molecule has 1 N–H and O–H groups in total. The van der Waals surface area contributed by atoms with Crippen molar-refractivity contribution in [3.05, 3.63) is 35.4 Å². The minimum atomic E-state index is -0.371. The quantitative estimate of drug-likeness (QED) is 0.180. The zero-order valence-electron chi connectivity index (χ0n) is 21.9. The van der Waals surface area contributed by atoms with Crippen molar-refractivity contribution >= 4 is 0 Å². The van der Waals surface area contributed by atoms with Crippen molar-refractivity contribution in [3.8, 4) is 0 Å². The third kappa shape index (κ3) is 15.1. The second-order valence-corrected chi connectivity index (χ2v) is 9.90. The number of unbranched alkanes of at least 4 members (excludes halogenated alkanes) is 13. The molecule has 0 spiro atoms. The SMILES string of the molecule is CCCCCCCCN(CCCCCCCC)CC(O)c1ccc(CCCCCC)cc1. The zero-order chi connectivity index (χ0) is 23.3. The molecule has 1 atom stereocenters. The van der Waals surface area contributed by atoms with Gasteiger partial charge in [-0.25, -0.2) is 0 Å². The molecule has 0 saturated heterocycles. The van der Waals surface area contributed by atoms with Gasteiger partial charge in [-0.3, -0.25) is 0 Å². The molecule has 1 aromatic carbocycles. The van der Waals surface area contributed by atoms with Crippen molar-refractivity contribution in [2.45, 2.75) is 136 Å². The lowest BCUT2D eigenvalue weighted by atomic mass is 10.0. The summed E-state index contributed by atoms with van der Waals surface area (Å²) in [6.45, 7) is 9.87. The highest BCUT2D eigenvalue weighted by atomic mass is 16.3. The highest BCUT2D eigenvalue weighted by molar-refractivity contribution is 5.24. The third-order valence-electron chi connectivity index (χ3n) is 6.77. The first kappa shape index (κ1) is 29.2. The van der Waals surface area contributed by atoms with Crippen LogP contribution in [0.3, 0.4) is 0 Å². The Balaban J connectivity index is 2.45. The highest BCUT2D eigenvalue weighted by Gasteiger charge is 2.13. The Hall–Kier alpha value is -0.860. The van der Waals surface area contributed by atoms with E-state index in [9.17, 15) is 5.11 Å². The maximum Gasteiger partial charge on any atom is 0.0916 e. The van der Waals surface area contributed by atoms with Crippen LogP contribution in [-0.2, 0) is 6.42 Å². The molecule has 186 valence electrons. The lowest BCUT2D eigenvalue weighted by Gasteiger charge is -2.25. The van der Waals surface area contributed by atoms with Gasteiger partial charge in [0.1, 0.15) is 0 Å². The smallest absolute Gasteiger partial charge is 0.0916 e. The Kier molecular flexibility index (Phi) is 18.9. The molecule has 0 aliphatic heterocycles. The van der Waals surface area contributed by atoms with Crippen molar-refractivity contribution in [3.63, 3.8) is 0 Å². The van der Waals surface area contributed by atoms with E-state index in [0.29, 0.717) is 0 Å². The van der Waals surface area contributed by atoms with Crippen LogP contribution in [0.5, 0.6) is 0 Å². The molecule has 2 heteroatoms. The van der Waals surface area contributed by atoms with Crippen LogP contribution in [0.25, 0.3) is 0 Å². The van der Waals surface area contributed by atoms with E-state index in [4.69, 9.17) is 0 Å². The number of hydrogen-bond acceptors (Lipinski definition) is 2. The molecule has 2 nitrogen and oxygen atoms in total. The highest BCUT2D eigenvalue weighted by Crippen LogP contribution is 2.18. The molecule has 1 rings (SSSR count). The first-order valence-electron chi connectivity index (χ1n) is 14.2. The molecule has 0 aromatic heterocycles. The number of hydrogen-bond donors (Lipinski definition) is 1. The summed E-state index contributed by atoms with van der Waals surface area (Å²) in [5.74, 6) is 0. The fraction of sp³-hybridized carbons (Fsp3) is 0.800. The van der Waals surface area contributed by atoms with Gasteiger partial charge in [0.25, 0.3) is 0 Å². The molecule has 0 aliphatic rings. The summed E-state index contributed by atoms with van der Waals surface area (Å²) in [4.78, 5) is 2.53. The molecule has 0 radical (unpaired) electrons. The minimum absolute atomic E-state index is 0.371. The summed E-state index contributed by atoms with van der Waals surface area (Å²) in [5, 5.41) is 10.9. The average Bonchev–Trinajstić information content (AvgIpc) is 2.81. The summed E-state index contributed by atoms with van der Waals surface area (Å²) in [5.41, 5.74) is 2.49. The fourth-order valence-electron chi connectivity index (χ4n) is 4.54. The lowest BCUT2D eigenvalue weighted by molar-refractivity contribution is 0.110. The van der Waals surface area contributed by atoms with Crippen LogP contribution in [0.4, 0.5) is 0 Å². The van der Waals surface area contributed by atoms with Gasteiger partial charge in [-0.15, -0.1) is 0 Å². The van der Waals surface area contributed by atoms with E-state index in [0.717, 1.165) is 25.2 Å². The second kappa shape index (κ2) is 20.7. The van der Waals surface area contributed by atoms with E-state index < -0.39 is 0 Å². The molecule has 32 heavy (non-hydrogen) atoms. The van der Waals surface area contributed by atoms with Crippen LogP contribution < -0.4 is 0 Å². The van der Waals surface area contributed by atoms with Crippen molar-refractivity contribution in [1.29, 1.82) is 0 Å². The van der Waals surface area contributed by atoms with E-state index in [-0.39, 0.29) is 6.10 Å². The molecular weight excluding hydrogens is 390 g/mol. The predicted octanol–water partition coefficient (Wildman–Crippen LogP) is 8.87. The van der Waals surface area contributed by atoms with Crippen LogP contribution in [-0.4, -0.2) is 29.6 Å². The maximum atomic E-state index is 10.9. The summed E-state index contributed by atoms with van der Waals surface area (Å²) < 4.78 is 0. The molecule has 0 saturated carbocycles. The normalized spacial score (nSPS) is 12.5. The molecule has 0 amide bonds. The molecular formula is C30H55NO. The van der Waals surface area contributed by atoms with Crippen LogP contribution in [0.15, 0.2) is 24.3 Å². The number of benzene rings is 1. The second-order valence-electron chi connectivity index (χ2n) is 9.90. The summed E-state index contributed by atoms with van der Waals surface area (Å²) in [7, 11) is 0. The Morgan fingerprint density at radius 2 is 1.03 bits per heavy atom. The van der Waals surface area contributed by atoms with Gasteiger partial charge in [0.2, 0.25) is 0 Å². The molecule has 1 aromatic rings. The number of rotatable bonds is 22. The van der Waals surface area contributed by atoms with Gasteiger partial charge in [-0.1, -0.05) is 129 Å². The maximum absolute atomic E-state index is 10.9. The van der Waals surface area contributed by atoms with E-state index in [1.807, 2.05) is 0 Å². The van der Waals surface area contributed by atoms with Crippen molar-refractivity contribution < 1.29 is 5.11 Å². The molecule has 0 fully saturated rings. The first-order valence-corrected chi connectivity index (χ1v) is 14.2. The van der Waals surface area contributed by atoms with E-state index in [1.165, 1.54) is 115 Å². The van der Waals surface area contributed by atoms with Gasteiger partial charge < -0.3 is 10.0 Å². The number of aryl methyl sites for hydroxylation is 1. The van der Waals surface area contributed by atoms with Crippen LogP contribution in [0, 0.1) is 0 Å². The number of aliphatic hydroxyl groups excluding tert-OH is 1. The van der Waals surface area contributed by atoms with Crippen molar-refractivity contribution in [1.82, 2.24) is 4.90 Å². The van der Waals surface area contributed by atoms with Gasteiger partial charge in [-0.2, -0.15) is 0 Å².